The number of thioether (sulfide) groups is 1. The van der Waals surface area contributed by atoms with Gasteiger partial charge in [-0.25, -0.2) is 17.3 Å². The van der Waals surface area contributed by atoms with Crippen molar-refractivity contribution in [3.8, 4) is 0 Å². The van der Waals surface area contributed by atoms with Gasteiger partial charge in [-0.3, -0.25) is 9.69 Å². The maximum Gasteiger partial charge on any atom is 0.331 e. The molecule has 1 saturated carbocycles. The first kappa shape index (κ1) is 22.9. The average molecular weight is 468 g/mol. The quantitative estimate of drug-likeness (QED) is 0.207. The molecule has 6 nitrogen and oxygen atoms in total. The van der Waals surface area contributed by atoms with E-state index in [-0.39, 0.29) is 23.4 Å². The van der Waals surface area contributed by atoms with Crippen LogP contribution in [-0.4, -0.2) is 34.8 Å². The Kier molecular flexibility index (Phi) is 7.25. The molecule has 1 atom stereocenters. The van der Waals surface area contributed by atoms with Crippen LogP contribution >= 0.6 is 24.2 Å². The summed E-state index contributed by atoms with van der Waals surface area (Å²) >= 11 is 5.75. The molecule has 1 unspecified atom stereocenters. The lowest BCUT2D eigenvalue weighted by molar-refractivity contribution is -0.117. The summed E-state index contributed by atoms with van der Waals surface area (Å²) in [4.78, 5) is 28.6. The fraction of sp³-hybridized carbons (Fsp3) is 0.391. The first-order valence-corrected chi connectivity index (χ1v) is 12.7. The van der Waals surface area contributed by atoms with E-state index < -0.39 is 0 Å². The number of carbonyl (C=O) groups excluding carboxylic acids is 2. The maximum absolute atomic E-state index is 13.2. The van der Waals surface area contributed by atoms with Gasteiger partial charge in [-0.2, -0.15) is 0 Å². The smallest absolute Gasteiger partial charge is 0.331 e. The highest BCUT2D eigenvalue weighted by Gasteiger charge is 2.43. The highest BCUT2D eigenvalue weighted by Crippen LogP contribution is 2.45. The number of rotatable bonds is 6. The highest BCUT2D eigenvalue weighted by molar-refractivity contribution is 8.07. The van der Waals surface area contributed by atoms with Gasteiger partial charge in [0.2, 0.25) is 6.56 Å². The molecule has 4 aliphatic rings. The molecule has 3 N–H and O–H groups in total. The lowest BCUT2D eigenvalue weighted by Gasteiger charge is -2.35. The van der Waals surface area contributed by atoms with Crippen LogP contribution in [0.15, 0.2) is 70.1 Å². The van der Waals surface area contributed by atoms with Gasteiger partial charge < -0.3 is 16.0 Å². The molecular formula is C23H29BN4O2S2. The first-order valence-electron chi connectivity index (χ1n) is 11.1. The molecule has 0 radical (unpaired) electrons. The fourth-order valence-corrected chi connectivity index (χ4v) is 5.67. The van der Waals surface area contributed by atoms with E-state index in [4.69, 9.17) is 0 Å². The lowest BCUT2D eigenvalue weighted by Crippen LogP contribution is -2.46. The number of dihydropyridines is 1. The van der Waals surface area contributed by atoms with Crippen LogP contribution in [0.4, 0.5) is 4.79 Å². The fourth-order valence-electron chi connectivity index (χ4n) is 4.38. The lowest BCUT2D eigenvalue weighted by atomic mass is 9.95. The molecule has 9 heteroatoms. The number of allylic oxidation sites excluding steroid dienone is 5. The Hall–Kier alpha value is -2.26. The summed E-state index contributed by atoms with van der Waals surface area (Å²) in [6, 6.07) is -0.0943. The van der Waals surface area contributed by atoms with Crippen LogP contribution in [-0.2, 0) is 4.79 Å². The SMILES string of the molecule is C=C/C(=C\C=C(/C)BS)N1C(=O)NC2=C(C(=O)NC3CCCCCC3)SC3NC=CC1=C23. The molecule has 4 rings (SSSR count). The Morgan fingerprint density at radius 2 is 2.06 bits per heavy atom. The van der Waals surface area contributed by atoms with Gasteiger partial charge in [0.15, 0.2) is 0 Å². The van der Waals surface area contributed by atoms with E-state index >= 15 is 0 Å². The zero-order valence-electron chi connectivity index (χ0n) is 18.3. The number of urea groups is 1. The summed E-state index contributed by atoms with van der Waals surface area (Å²) in [6.45, 7) is 6.52. The van der Waals surface area contributed by atoms with Crippen molar-refractivity contribution in [2.75, 3.05) is 0 Å². The molecule has 0 aromatic heterocycles. The van der Waals surface area contributed by atoms with Crippen molar-refractivity contribution in [1.82, 2.24) is 20.9 Å². The molecule has 0 aromatic rings. The van der Waals surface area contributed by atoms with E-state index in [1.54, 1.807) is 11.0 Å². The summed E-state index contributed by atoms with van der Waals surface area (Å²) in [5.41, 5.74) is 4.05. The van der Waals surface area contributed by atoms with E-state index in [9.17, 15) is 9.59 Å². The van der Waals surface area contributed by atoms with Gasteiger partial charge in [0.25, 0.3) is 5.91 Å². The number of thiol groups is 1. The zero-order chi connectivity index (χ0) is 22.7. The van der Waals surface area contributed by atoms with Gasteiger partial charge in [0.1, 0.15) is 5.37 Å². The monoisotopic (exact) mass is 468 g/mol. The summed E-state index contributed by atoms with van der Waals surface area (Å²) < 4.78 is 0. The highest BCUT2D eigenvalue weighted by atomic mass is 32.2. The minimum atomic E-state index is -0.297. The first-order chi connectivity index (χ1) is 15.5. The van der Waals surface area contributed by atoms with Crippen molar-refractivity contribution in [2.45, 2.75) is 56.9 Å². The third-order valence-corrected chi connectivity index (χ3v) is 7.82. The minimum absolute atomic E-state index is 0.0967. The van der Waals surface area contributed by atoms with Crippen LogP contribution < -0.4 is 16.0 Å². The van der Waals surface area contributed by atoms with Gasteiger partial charge in [0.05, 0.1) is 22.0 Å². The Bertz CT molecular complexity index is 974. The second-order valence-corrected chi connectivity index (χ2v) is 9.83. The Labute approximate surface area is 200 Å². The number of nitrogens with zero attached hydrogens (tertiary/aromatic N) is 1. The Balaban J connectivity index is 1.67. The molecule has 0 bridgehead atoms. The normalized spacial score (nSPS) is 24.0. The molecule has 168 valence electrons. The predicted octanol–water partition coefficient (Wildman–Crippen LogP) is 3.76. The molecule has 1 aliphatic carbocycles. The number of hydrogen-bond acceptors (Lipinski definition) is 5. The molecule has 3 heterocycles. The number of carbonyl (C=O) groups is 2. The number of amides is 3. The second kappa shape index (κ2) is 10.1. The molecule has 3 amide bonds. The molecule has 3 aliphatic heterocycles. The van der Waals surface area contributed by atoms with Gasteiger partial charge >= 0.3 is 6.03 Å². The second-order valence-electron chi connectivity index (χ2n) is 8.40. The van der Waals surface area contributed by atoms with Crippen molar-refractivity contribution in [2.24, 2.45) is 0 Å². The van der Waals surface area contributed by atoms with Crippen LogP contribution in [0.25, 0.3) is 0 Å². The molecular weight excluding hydrogens is 439 g/mol. The van der Waals surface area contributed by atoms with E-state index in [0.29, 0.717) is 22.9 Å². The van der Waals surface area contributed by atoms with Crippen molar-refractivity contribution in [3.63, 3.8) is 0 Å². The van der Waals surface area contributed by atoms with E-state index in [1.807, 2.05) is 31.4 Å². The van der Waals surface area contributed by atoms with Crippen molar-refractivity contribution >= 4 is 42.7 Å². The molecule has 0 aromatic carbocycles. The van der Waals surface area contributed by atoms with Gasteiger partial charge in [-0.15, -0.1) is 0 Å². The summed E-state index contributed by atoms with van der Waals surface area (Å²) in [6.07, 6.45) is 16.0. The van der Waals surface area contributed by atoms with Crippen LogP contribution in [0, 0.1) is 0 Å². The summed E-state index contributed by atoms with van der Waals surface area (Å²) in [5, 5.41) is 9.40. The Morgan fingerprint density at radius 3 is 2.75 bits per heavy atom. The summed E-state index contributed by atoms with van der Waals surface area (Å²) in [5.74, 6) is -0.0967. The third kappa shape index (κ3) is 4.59. The maximum atomic E-state index is 13.2. The molecule has 0 saturated heterocycles. The standard InChI is InChI=1S/C23H29BN4O2S2/c1-3-16(11-10-14(2)24-31)28-17-12-13-25-22-18(17)19(27-23(28)30)20(32-22)21(29)26-15-8-6-4-5-7-9-15/h3,10-13,15,22,24-25,31H,1,4-9H2,2H3,(H,26,29)(H,27,30)/b14-10+,16-11+. The van der Waals surface area contributed by atoms with Crippen molar-refractivity contribution in [1.29, 1.82) is 0 Å². The van der Waals surface area contributed by atoms with Crippen molar-refractivity contribution < 1.29 is 9.59 Å². The topological polar surface area (TPSA) is 73.5 Å². The largest absolute Gasteiger partial charge is 0.375 e. The van der Waals surface area contributed by atoms with E-state index in [1.165, 1.54) is 24.6 Å². The zero-order valence-corrected chi connectivity index (χ0v) is 20.0. The van der Waals surface area contributed by atoms with Gasteiger partial charge in [-0.05, 0) is 37.3 Å². The van der Waals surface area contributed by atoms with Crippen LogP contribution in [0.3, 0.4) is 0 Å². The predicted molar refractivity (Wildman–Crippen MR) is 136 cm³/mol. The van der Waals surface area contributed by atoms with Crippen LogP contribution in [0.1, 0.15) is 45.4 Å². The van der Waals surface area contributed by atoms with Gasteiger partial charge in [-0.1, -0.05) is 62.5 Å². The number of nitrogens with one attached hydrogen (secondary N) is 3. The average Bonchev–Trinajstić information content (AvgIpc) is 2.97. The van der Waals surface area contributed by atoms with Crippen LogP contribution in [0.2, 0.25) is 0 Å². The van der Waals surface area contributed by atoms with Gasteiger partial charge in [0, 0.05) is 11.6 Å². The summed E-state index contributed by atoms with van der Waals surface area (Å²) in [7, 11) is 0. The third-order valence-electron chi connectivity index (χ3n) is 6.09. The van der Waals surface area contributed by atoms with E-state index in [2.05, 4.69) is 35.0 Å². The minimum Gasteiger partial charge on any atom is -0.375 e. The molecule has 0 spiro atoms. The van der Waals surface area contributed by atoms with Crippen molar-refractivity contribution in [3.05, 3.63) is 70.1 Å². The molecule has 32 heavy (non-hydrogen) atoms. The van der Waals surface area contributed by atoms with E-state index in [0.717, 1.165) is 42.4 Å². The Morgan fingerprint density at radius 1 is 1.31 bits per heavy atom. The van der Waals surface area contributed by atoms with Crippen LogP contribution in [0.5, 0.6) is 0 Å². The molecule has 1 fully saturated rings. The number of hydrogen-bond donors (Lipinski definition) is 4.